The third kappa shape index (κ3) is 8.36. The molecule has 18 nitrogen and oxygen atoms in total. The number of benzene rings is 3. The molecule has 1 saturated heterocycles. The van der Waals surface area contributed by atoms with Crippen molar-refractivity contribution in [3.63, 3.8) is 0 Å². The second-order valence-electron chi connectivity index (χ2n) is 15.4. The van der Waals surface area contributed by atoms with Crippen molar-refractivity contribution in [2.45, 2.75) is 71.9 Å². The molecule has 0 spiro atoms. The van der Waals surface area contributed by atoms with E-state index in [2.05, 4.69) is 15.4 Å². The third-order valence-electron chi connectivity index (χ3n) is 11.6. The maximum atomic E-state index is 14.8. The van der Waals surface area contributed by atoms with Crippen LogP contribution in [-0.4, -0.2) is 110 Å². The molecular weight excluding hydrogens is 821 g/mol. The fourth-order valence-corrected chi connectivity index (χ4v) is 11.1. The number of allylic oxidation sites excluding steroid dienone is 1. The van der Waals surface area contributed by atoms with Crippen LogP contribution in [-0.2, 0) is 44.8 Å². The summed E-state index contributed by atoms with van der Waals surface area (Å²) in [7, 11) is -7.42. The van der Waals surface area contributed by atoms with Crippen LogP contribution in [0.25, 0.3) is 11.1 Å². The zero-order valence-corrected chi connectivity index (χ0v) is 34.1. The fourth-order valence-electron chi connectivity index (χ4n) is 8.04. The molecule has 2 aliphatic carbocycles. The molecule has 60 heavy (non-hydrogen) atoms. The number of nitro benzene ring substituents is 1. The molecule has 3 fully saturated rings. The first-order valence-corrected chi connectivity index (χ1v) is 22.3. The van der Waals surface area contributed by atoms with Crippen LogP contribution < -0.4 is 15.4 Å². The van der Waals surface area contributed by atoms with Gasteiger partial charge in [0.1, 0.15) is 23.2 Å². The Hall–Kier alpha value is -5.70. The number of rotatable bonds is 10. The predicted molar refractivity (Wildman–Crippen MR) is 215 cm³/mol. The summed E-state index contributed by atoms with van der Waals surface area (Å²) in [6.45, 7) is -1.47. The standard InChI is InChI=1S/C40H44N6O12S2/c1-58-39(28-17-15-27(16-18-28)26-10-4-2-5-11-26)23-33-35(47)42-40(37(49)43-59(54,55)30-19-20-30)22-29(40)12-6-3-9-21-44(24-31(41-38(50)51)36(48)45(33)25-39)60(56,57)34-14-8-7-13-32(34)46(52)53/h2,4-8,10-18,29-31,33,41H,3,9,19-25H2,1H3,(H,42,47)(H,43,49)(H,50,51)/t29-,31+,33+,39+,40-/m1/s1. The van der Waals surface area contributed by atoms with E-state index in [0.717, 1.165) is 32.5 Å². The number of sulfonamides is 2. The van der Waals surface area contributed by atoms with Gasteiger partial charge in [-0.25, -0.2) is 21.6 Å². The van der Waals surface area contributed by atoms with Crippen LogP contribution in [0.4, 0.5) is 10.5 Å². The van der Waals surface area contributed by atoms with E-state index in [9.17, 15) is 51.2 Å². The molecule has 2 aliphatic heterocycles. The third-order valence-corrected chi connectivity index (χ3v) is 15.3. The number of nitrogens with zero attached hydrogens (tertiary/aromatic N) is 3. The van der Waals surface area contributed by atoms with Crippen LogP contribution in [0.2, 0.25) is 0 Å². The van der Waals surface area contributed by atoms with Gasteiger partial charge in [0.05, 0.1) is 16.7 Å². The minimum Gasteiger partial charge on any atom is -0.465 e. The lowest BCUT2D eigenvalue weighted by molar-refractivity contribution is -0.387. The van der Waals surface area contributed by atoms with E-state index in [1.807, 2.05) is 42.5 Å². The van der Waals surface area contributed by atoms with Crippen molar-refractivity contribution < 1.29 is 50.8 Å². The quantitative estimate of drug-likeness (QED) is 0.131. The van der Waals surface area contributed by atoms with Gasteiger partial charge in [0, 0.05) is 38.6 Å². The van der Waals surface area contributed by atoms with E-state index in [4.69, 9.17) is 4.74 Å². The number of methoxy groups -OCH3 is 1. The Bertz CT molecular complexity index is 2450. The molecule has 318 valence electrons. The summed E-state index contributed by atoms with van der Waals surface area (Å²) < 4.78 is 63.4. The minimum atomic E-state index is -4.77. The molecule has 4 aliphatic rings. The Morgan fingerprint density at radius 1 is 0.950 bits per heavy atom. The number of amides is 4. The average Bonchev–Trinajstić information content (AvgIpc) is 4.16. The summed E-state index contributed by atoms with van der Waals surface area (Å²) in [5.74, 6) is -3.50. The number of hydrogen-bond acceptors (Lipinski definition) is 11. The molecule has 4 amide bonds. The summed E-state index contributed by atoms with van der Waals surface area (Å²) in [5, 5.41) is 26.1. The van der Waals surface area contributed by atoms with Gasteiger partial charge in [0.2, 0.25) is 31.9 Å². The number of para-hydroxylation sites is 1. The lowest BCUT2D eigenvalue weighted by atomic mass is 9.89. The van der Waals surface area contributed by atoms with Crippen LogP contribution in [0.3, 0.4) is 0 Å². The highest BCUT2D eigenvalue weighted by atomic mass is 32.2. The maximum Gasteiger partial charge on any atom is 0.405 e. The Labute approximate surface area is 346 Å². The Kier molecular flexibility index (Phi) is 11.6. The lowest BCUT2D eigenvalue weighted by Crippen LogP contribution is -2.59. The molecular formula is C40H44N6O12S2. The molecule has 3 aromatic carbocycles. The van der Waals surface area contributed by atoms with Gasteiger partial charge in [0.25, 0.3) is 11.6 Å². The van der Waals surface area contributed by atoms with Gasteiger partial charge >= 0.3 is 6.09 Å². The van der Waals surface area contributed by atoms with Crippen LogP contribution in [0.15, 0.2) is 95.9 Å². The lowest BCUT2D eigenvalue weighted by Gasteiger charge is -2.32. The first-order chi connectivity index (χ1) is 28.5. The van der Waals surface area contributed by atoms with Gasteiger partial charge in [-0.15, -0.1) is 0 Å². The highest BCUT2D eigenvalue weighted by Gasteiger charge is 2.63. The first kappa shape index (κ1) is 42.4. The molecule has 0 bridgehead atoms. The summed E-state index contributed by atoms with van der Waals surface area (Å²) in [6, 6.07) is 18.1. The molecule has 0 aromatic heterocycles. The van der Waals surface area contributed by atoms with Crippen molar-refractivity contribution >= 4 is 49.5 Å². The molecule has 2 saturated carbocycles. The van der Waals surface area contributed by atoms with Crippen molar-refractivity contribution in [3.05, 3.63) is 107 Å². The Morgan fingerprint density at radius 2 is 1.62 bits per heavy atom. The van der Waals surface area contributed by atoms with Crippen LogP contribution >= 0.6 is 0 Å². The number of nitro groups is 1. The van der Waals surface area contributed by atoms with E-state index in [1.165, 1.54) is 19.2 Å². The van der Waals surface area contributed by atoms with Crippen molar-refractivity contribution in [1.29, 1.82) is 0 Å². The number of hydrogen-bond donors (Lipinski definition) is 4. The zero-order chi connectivity index (χ0) is 43.0. The molecule has 5 atom stereocenters. The summed E-state index contributed by atoms with van der Waals surface area (Å²) in [5.41, 5.74) is -1.51. The molecule has 3 aromatic rings. The van der Waals surface area contributed by atoms with Crippen molar-refractivity contribution in [2.24, 2.45) is 5.92 Å². The molecule has 2 heterocycles. The normalized spacial score (nSPS) is 26.4. The van der Waals surface area contributed by atoms with Gasteiger partial charge < -0.3 is 25.4 Å². The minimum absolute atomic E-state index is 0.0136. The maximum absolute atomic E-state index is 14.8. The van der Waals surface area contributed by atoms with E-state index >= 15 is 0 Å². The summed E-state index contributed by atoms with van der Waals surface area (Å²) in [6.07, 6.45) is 2.41. The Balaban J connectivity index is 1.30. The molecule has 0 radical (unpaired) electrons. The first-order valence-electron chi connectivity index (χ1n) is 19.3. The molecule has 20 heteroatoms. The van der Waals surface area contributed by atoms with E-state index in [0.29, 0.717) is 18.4 Å². The number of nitrogens with one attached hydrogen (secondary N) is 3. The second-order valence-corrected chi connectivity index (χ2v) is 19.3. The van der Waals surface area contributed by atoms with Gasteiger partial charge in [-0.3, -0.25) is 29.2 Å². The van der Waals surface area contributed by atoms with Gasteiger partial charge in [0.15, 0.2) is 4.90 Å². The largest absolute Gasteiger partial charge is 0.465 e. The molecule has 7 rings (SSSR count). The number of carbonyl (C=O) groups excluding carboxylic acids is 3. The smallest absolute Gasteiger partial charge is 0.405 e. The average molecular weight is 865 g/mol. The van der Waals surface area contributed by atoms with Crippen molar-refractivity contribution in [1.82, 2.24) is 24.6 Å². The Morgan fingerprint density at radius 3 is 2.27 bits per heavy atom. The van der Waals surface area contributed by atoms with Gasteiger partial charge in [-0.2, -0.15) is 4.31 Å². The number of fused-ring (bicyclic) bond motifs is 2. The van der Waals surface area contributed by atoms with Gasteiger partial charge in [-0.1, -0.05) is 78.9 Å². The number of carboxylic acid groups (broad SMARTS) is 1. The second kappa shape index (κ2) is 16.4. The fraction of sp³-hybridized carbons (Fsp3) is 0.400. The number of ether oxygens (including phenoxy) is 1. The van der Waals surface area contributed by atoms with E-state index in [1.54, 1.807) is 24.3 Å². The molecule has 0 unspecified atom stereocenters. The van der Waals surface area contributed by atoms with Gasteiger partial charge in [-0.05, 0) is 54.9 Å². The summed E-state index contributed by atoms with van der Waals surface area (Å²) >= 11 is 0. The highest BCUT2D eigenvalue weighted by molar-refractivity contribution is 7.91. The van der Waals surface area contributed by atoms with Crippen LogP contribution in [0.1, 0.15) is 44.1 Å². The number of carbonyl (C=O) groups is 4. The SMILES string of the molecule is CO[C@@]1(c2ccc(-c3ccccc3)cc2)C[C@H]2C(=O)N[C@]3(C(=O)NS(=O)(=O)C4CC4)C[C@H]3C=CCCCN(S(=O)(=O)c3ccccc3[N+](=O)[O-])C[C@H](NC(=O)O)C(=O)N2C1. The van der Waals surface area contributed by atoms with Crippen LogP contribution in [0.5, 0.6) is 0 Å². The topological polar surface area (TPSA) is 252 Å². The van der Waals surface area contributed by atoms with E-state index < -0.39 is 100 Å². The van der Waals surface area contributed by atoms with E-state index in [-0.39, 0.29) is 38.8 Å². The highest BCUT2D eigenvalue weighted by Crippen LogP contribution is 2.47. The molecule has 4 N–H and O–H groups in total. The summed E-state index contributed by atoms with van der Waals surface area (Å²) in [4.78, 5) is 67.1. The monoisotopic (exact) mass is 864 g/mol. The van der Waals surface area contributed by atoms with Crippen LogP contribution in [0, 0.1) is 16.0 Å². The zero-order valence-electron chi connectivity index (χ0n) is 32.4. The van der Waals surface area contributed by atoms with Crippen molar-refractivity contribution in [2.75, 3.05) is 26.7 Å². The van der Waals surface area contributed by atoms with Crippen molar-refractivity contribution in [3.8, 4) is 11.1 Å². The predicted octanol–water partition coefficient (Wildman–Crippen LogP) is 2.86.